The third-order valence-electron chi connectivity index (χ3n) is 6.31. The molecule has 1 amide bonds. The second-order valence-electron chi connectivity index (χ2n) is 8.42. The number of aryl methyl sites for hydroxylation is 1. The van der Waals surface area contributed by atoms with Crippen LogP contribution in [0.25, 0.3) is 11.1 Å². The molecule has 4 rings (SSSR count). The number of carbonyl (C=O) groups excluding carboxylic acids is 2. The lowest BCUT2D eigenvalue weighted by Gasteiger charge is -2.37. The number of nitrogens with zero attached hydrogens (tertiary/aromatic N) is 2. The Bertz CT molecular complexity index is 1160. The summed E-state index contributed by atoms with van der Waals surface area (Å²) in [6.07, 6.45) is 5.73. The highest BCUT2D eigenvalue weighted by Gasteiger charge is 2.30. The number of nitrogen functional groups attached to an aromatic ring is 1. The number of nitrogens with two attached hydrogens (primary N) is 1. The largest absolute Gasteiger partial charge is 0.383 e. The highest BCUT2D eigenvalue weighted by Crippen LogP contribution is 2.34. The topological polar surface area (TPSA) is 76.3 Å². The summed E-state index contributed by atoms with van der Waals surface area (Å²) in [5.74, 6) is 0.000787. The first-order valence-electron chi connectivity index (χ1n) is 11.4. The quantitative estimate of drug-likeness (QED) is 0.459. The Hall–Kier alpha value is -3.54. The number of benzene rings is 2. The number of amides is 1. The molecule has 0 atom stereocenters. The van der Waals surface area contributed by atoms with E-state index >= 15 is 4.39 Å². The summed E-state index contributed by atoms with van der Waals surface area (Å²) in [5.41, 5.74) is 9.16. The Balaban J connectivity index is 1.47. The number of rotatable bonds is 8. The van der Waals surface area contributed by atoms with Gasteiger partial charge in [0, 0.05) is 30.6 Å². The van der Waals surface area contributed by atoms with Crippen molar-refractivity contribution < 1.29 is 14.0 Å². The molecule has 0 spiro atoms. The number of hydrogen-bond donors (Lipinski definition) is 1. The Labute approximate surface area is 193 Å². The average Bonchev–Trinajstić information content (AvgIpc) is 2.80. The lowest BCUT2D eigenvalue weighted by atomic mass is 9.90. The van der Waals surface area contributed by atoms with E-state index in [4.69, 9.17) is 5.73 Å². The van der Waals surface area contributed by atoms with E-state index in [2.05, 4.69) is 4.98 Å². The number of anilines is 2. The number of halogens is 1. The van der Waals surface area contributed by atoms with Crippen LogP contribution in [0.3, 0.4) is 0 Å². The zero-order chi connectivity index (χ0) is 23.4. The Kier molecular flexibility index (Phi) is 6.82. The summed E-state index contributed by atoms with van der Waals surface area (Å²) in [4.78, 5) is 30.7. The zero-order valence-electron chi connectivity index (χ0n) is 18.8. The minimum atomic E-state index is -0.407. The van der Waals surface area contributed by atoms with Gasteiger partial charge in [0.15, 0.2) is 5.78 Å². The summed E-state index contributed by atoms with van der Waals surface area (Å²) >= 11 is 0. The molecule has 1 fully saturated rings. The standard InChI is InChI=1S/C27H28FN3O2/c1-2-26(33)31(22-6-3-7-22)24-14-12-21(17-23(24)28)18-8-10-19(11-9-18)25(32)15-13-20-5-4-16-30-27(20)29/h4-5,8-12,14,16-17,22H,2-3,6-7,13,15H2,1H3,(H2,29,30). The van der Waals surface area contributed by atoms with E-state index in [0.29, 0.717) is 41.9 Å². The average molecular weight is 446 g/mol. The molecule has 0 bridgehead atoms. The minimum Gasteiger partial charge on any atom is -0.383 e. The molecule has 1 aromatic heterocycles. The number of carbonyl (C=O) groups is 2. The van der Waals surface area contributed by atoms with Gasteiger partial charge in [-0.3, -0.25) is 9.59 Å². The van der Waals surface area contributed by atoms with E-state index in [1.165, 1.54) is 6.07 Å². The van der Waals surface area contributed by atoms with Gasteiger partial charge in [0.05, 0.1) is 5.69 Å². The lowest BCUT2D eigenvalue weighted by molar-refractivity contribution is -0.119. The number of Topliss-reactive ketones (excluding diaryl/α,β-unsaturated/α-hetero) is 1. The maximum Gasteiger partial charge on any atom is 0.227 e. The van der Waals surface area contributed by atoms with E-state index < -0.39 is 5.82 Å². The molecule has 2 aromatic carbocycles. The lowest BCUT2D eigenvalue weighted by Crippen LogP contribution is -2.44. The van der Waals surface area contributed by atoms with E-state index in [9.17, 15) is 9.59 Å². The van der Waals surface area contributed by atoms with Gasteiger partial charge in [-0.05, 0) is 60.6 Å². The van der Waals surface area contributed by atoms with Crippen molar-refractivity contribution in [1.82, 2.24) is 4.98 Å². The van der Waals surface area contributed by atoms with E-state index in [1.54, 1.807) is 42.3 Å². The van der Waals surface area contributed by atoms with Crippen molar-refractivity contribution in [2.75, 3.05) is 10.6 Å². The fraction of sp³-hybridized carbons (Fsp3) is 0.296. The third kappa shape index (κ3) is 4.95. The second-order valence-corrected chi connectivity index (χ2v) is 8.42. The van der Waals surface area contributed by atoms with Gasteiger partial charge in [-0.15, -0.1) is 0 Å². The van der Waals surface area contributed by atoms with E-state index in [0.717, 1.165) is 30.4 Å². The Morgan fingerprint density at radius 2 is 1.82 bits per heavy atom. The monoisotopic (exact) mass is 445 g/mol. The van der Waals surface area contributed by atoms with Crippen molar-refractivity contribution in [3.63, 3.8) is 0 Å². The molecule has 0 aliphatic heterocycles. The van der Waals surface area contributed by atoms with E-state index in [-0.39, 0.29) is 17.7 Å². The summed E-state index contributed by atoms with van der Waals surface area (Å²) < 4.78 is 15.0. The van der Waals surface area contributed by atoms with Crippen LogP contribution in [0.15, 0.2) is 60.8 Å². The molecule has 0 radical (unpaired) electrons. The van der Waals surface area contributed by atoms with E-state index in [1.807, 2.05) is 24.3 Å². The molecule has 6 heteroatoms. The summed E-state index contributed by atoms with van der Waals surface area (Å²) in [7, 11) is 0. The second kappa shape index (κ2) is 9.94. The summed E-state index contributed by atoms with van der Waals surface area (Å²) in [5, 5.41) is 0. The molecular weight excluding hydrogens is 417 g/mol. The van der Waals surface area contributed by atoms with Crippen LogP contribution in [-0.2, 0) is 11.2 Å². The van der Waals surface area contributed by atoms with Gasteiger partial charge in [0.25, 0.3) is 0 Å². The molecule has 1 heterocycles. The summed E-state index contributed by atoms with van der Waals surface area (Å²) in [6.45, 7) is 1.80. The fourth-order valence-electron chi connectivity index (χ4n) is 4.14. The number of pyridine rings is 1. The number of ketones is 1. The van der Waals surface area contributed by atoms with Crippen LogP contribution in [0, 0.1) is 5.82 Å². The maximum absolute atomic E-state index is 15.0. The van der Waals surface area contributed by atoms with Crippen LogP contribution >= 0.6 is 0 Å². The van der Waals surface area contributed by atoms with Crippen molar-refractivity contribution in [1.29, 1.82) is 0 Å². The normalized spacial score (nSPS) is 13.4. The van der Waals surface area contributed by atoms with Gasteiger partial charge in [0.1, 0.15) is 11.6 Å². The molecule has 1 aliphatic rings. The first-order chi connectivity index (χ1) is 16.0. The molecule has 33 heavy (non-hydrogen) atoms. The van der Waals surface area contributed by atoms with Crippen LogP contribution in [-0.4, -0.2) is 22.7 Å². The van der Waals surface area contributed by atoms with Crippen molar-refractivity contribution in [2.45, 2.75) is 51.5 Å². The molecular formula is C27H28FN3O2. The maximum atomic E-state index is 15.0. The van der Waals surface area contributed by atoms with Crippen LogP contribution in [0.4, 0.5) is 15.9 Å². The van der Waals surface area contributed by atoms with Crippen LogP contribution in [0.1, 0.15) is 54.9 Å². The first kappa shape index (κ1) is 22.6. The van der Waals surface area contributed by atoms with Crippen molar-refractivity contribution in [3.05, 3.63) is 77.7 Å². The molecule has 1 saturated carbocycles. The predicted molar refractivity (Wildman–Crippen MR) is 129 cm³/mol. The van der Waals surface area contributed by atoms with Crippen molar-refractivity contribution in [3.8, 4) is 11.1 Å². The highest BCUT2D eigenvalue weighted by molar-refractivity contribution is 5.97. The van der Waals surface area contributed by atoms with Crippen LogP contribution < -0.4 is 10.6 Å². The Morgan fingerprint density at radius 1 is 1.09 bits per heavy atom. The molecule has 3 aromatic rings. The smallest absolute Gasteiger partial charge is 0.227 e. The van der Waals surface area contributed by atoms with Gasteiger partial charge >= 0.3 is 0 Å². The third-order valence-corrected chi connectivity index (χ3v) is 6.31. The van der Waals surface area contributed by atoms with Crippen molar-refractivity contribution in [2.24, 2.45) is 0 Å². The minimum absolute atomic E-state index is 0.0144. The van der Waals surface area contributed by atoms with Gasteiger partial charge in [-0.25, -0.2) is 9.37 Å². The number of hydrogen-bond acceptors (Lipinski definition) is 4. The van der Waals surface area contributed by atoms with Gasteiger partial charge < -0.3 is 10.6 Å². The van der Waals surface area contributed by atoms with Crippen LogP contribution in [0.5, 0.6) is 0 Å². The molecule has 2 N–H and O–H groups in total. The molecule has 5 nitrogen and oxygen atoms in total. The van der Waals surface area contributed by atoms with Gasteiger partial charge in [0.2, 0.25) is 5.91 Å². The molecule has 1 aliphatic carbocycles. The zero-order valence-corrected chi connectivity index (χ0v) is 18.8. The van der Waals surface area contributed by atoms with Crippen LogP contribution in [0.2, 0.25) is 0 Å². The Morgan fingerprint density at radius 3 is 2.42 bits per heavy atom. The fourth-order valence-corrected chi connectivity index (χ4v) is 4.14. The SMILES string of the molecule is CCC(=O)N(c1ccc(-c2ccc(C(=O)CCc3cccnc3N)cc2)cc1F)C1CCC1. The van der Waals surface area contributed by atoms with Gasteiger partial charge in [-0.2, -0.15) is 0 Å². The molecule has 0 unspecified atom stereocenters. The van der Waals surface area contributed by atoms with Crippen molar-refractivity contribution >= 4 is 23.2 Å². The first-order valence-corrected chi connectivity index (χ1v) is 11.4. The molecule has 0 saturated heterocycles. The van der Waals surface area contributed by atoms with Gasteiger partial charge in [-0.1, -0.05) is 43.3 Å². The predicted octanol–water partition coefficient (Wildman–Crippen LogP) is 5.58. The highest BCUT2D eigenvalue weighted by atomic mass is 19.1. The summed E-state index contributed by atoms with van der Waals surface area (Å²) in [6, 6.07) is 15.9. The molecule has 170 valence electrons. The number of aromatic nitrogens is 1.